The molecule has 0 spiro atoms. The average Bonchev–Trinajstić information content (AvgIpc) is 2.29. The second kappa shape index (κ2) is 6.94. The van der Waals surface area contributed by atoms with Crippen LogP contribution in [0.5, 0.6) is 0 Å². The fourth-order valence-electron chi connectivity index (χ4n) is 1.47. The van der Waals surface area contributed by atoms with Gasteiger partial charge in [0.2, 0.25) is 5.91 Å². The Morgan fingerprint density at radius 2 is 2.16 bits per heavy atom. The lowest BCUT2D eigenvalue weighted by atomic mass is 10.2. The fraction of sp³-hybridized carbons (Fsp3) is 0.417. The molecule has 6 nitrogen and oxygen atoms in total. The van der Waals surface area contributed by atoms with Gasteiger partial charge in [-0.3, -0.25) is 14.9 Å². The van der Waals surface area contributed by atoms with Crippen molar-refractivity contribution >= 4 is 28.9 Å². The van der Waals surface area contributed by atoms with E-state index in [1.807, 2.05) is 13.8 Å². The lowest BCUT2D eigenvalue weighted by Gasteiger charge is -2.10. The SMILES string of the molecule is CC(C)NC(=O)CCNc1ccc([N+](=O)[O-])cc1Cl. The van der Waals surface area contributed by atoms with Crippen LogP contribution in [-0.2, 0) is 4.79 Å². The number of nitro benzene ring substituents is 1. The van der Waals surface area contributed by atoms with Crippen molar-refractivity contribution in [3.63, 3.8) is 0 Å². The van der Waals surface area contributed by atoms with Crippen molar-refractivity contribution in [3.8, 4) is 0 Å². The van der Waals surface area contributed by atoms with Gasteiger partial charge < -0.3 is 10.6 Å². The number of carbonyl (C=O) groups excluding carboxylic acids is 1. The summed E-state index contributed by atoms with van der Waals surface area (Å²) >= 11 is 5.91. The topological polar surface area (TPSA) is 84.3 Å². The summed E-state index contributed by atoms with van der Waals surface area (Å²) in [6, 6.07) is 4.27. The van der Waals surface area contributed by atoms with Crippen LogP contribution in [0.3, 0.4) is 0 Å². The highest BCUT2D eigenvalue weighted by atomic mass is 35.5. The van der Waals surface area contributed by atoms with Gasteiger partial charge >= 0.3 is 0 Å². The van der Waals surface area contributed by atoms with Gasteiger partial charge in [-0.05, 0) is 19.9 Å². The molecule has 0 bridgehead atoms. The Morgan fingerprint density at radius 3 is 2.68 bits per heavy atom. The number of halogens is 1. The van der Waals surface area contributed by atoms with Gasteiger partial charge in [0.15, 0.2) is 0 Å². The molecule has 0 aromatic heterocycles. The van der Waals surface area contributed by atoms with Gasteiger partial charge in [0, 0.05) is 31.1 Å². The minimum atomic E-state index is -0.508. The van der Waals surface area contributed by atoms with E-state index in [2.05, 4.69) is 10.6 Å². The Bertz CT molecular complexity index is 477. The van der Waals surface area contributed by atoms with Crippen molar-refractivity contribution in [3.05, 3.63) is 33.3 Å². The molecule has 1 aromatic carbocycles. The minimum absolute atomic E-state index is 0.0551. The van der Waals surface area contributed by atoms with E-state index < -0.39 is 4.92 Å². The predicted molar refractivity (Wildman–Crippen MR) is 74.5 cm³/mol. The van der Waals surface area contributed by atoms with Crippen LogP contribution in [0.4, 0.5) is 11.4 Å². The number of carbonyl (C=O) groups is 1. The van der Waals surface area contributed by atoms with Crippen LogP contribution in [0, 0.1) is 10.1 Å². The van der Waals surface area contributed by atoms with Crippen LogP contribution >= 0.6 is 11.6 Å². The molecule has 0 unspecified atom stereocenters. The number of hydrogen-bond acceptors (Lipinski definition) is 4. The van der Waals surface area contributed by atoms with E-state index in [1.54, 1.807) is 0 Å². The molecule has 0 saturated carbocycles. The van der Waals surface area contributed by atoms with E-state index >= 15 is 0 Å². The number of hydrogen-bond donors (Lipinski definition) is 2. The maximum atomic E-state index is 11.4. The Hall–Kier alpha value is -1.82. The largest absolute Gasteiger partial charge is 0.383 e. The number of nitro groups is 1. The summed E-state index contributed by atoms with van der Waals surface area (Å²) in [5.41, 5.74) is 0.512. The summed E-state index contributed by atoms with van der Waals surface area (Å²) in [6.07, 6.45) is 0.311. The third kappa shape index (κ3) is 5.13. The van der Waals surface area contributed by atoms with Crippen LogP contribution in [0.15, 0.2) is 18.2 Å². The molecule has 1 amide bonds. The number of nitrogens with one attached hydrogen (secondary N) is 2. The normalized spacial score (nSPS) is 10.3. The van der Waals surface area contributed by atoms with Gasteiger partial charge in [0.25, 0.3) is 5.69 Å². The van der Waals surface area contributed by atoms with Gasteiger partial charge in [-0.1, -0.05) is 11.6 Å². The van der Waals surface area contributed by atoms with Crippen molar-refractivity contribution in [2.75, 3.05) is 11.9 Å². The first-order valence-electron chi connectivity index (χ1n) is 5.87. The van der Waals surface area contributed by atoms with Crippen molar-refractivity contribution in [2.24, 2.45) is 0 Å². The first kappa shape index (κ1) is 15.2. The number of benzene rings is 1. The maximum Gasteiger partial charge on any atom is 0.271 e. The zero-order valence-electron chi connectivity index (χ0n) is 10.8. The summed E-state index contributed by atoms with van der Waals surface area (Å²) < 4.78 is 0. The molecular formula is C12H16ClN3O3. The average molecular weight is 286 g/mol. The van der Waals surface area contributed by atoms with E-state index in [4.69, 9.17) is 11.6 Å². The lowest BCUT2D eigenvalue weighted by Crippen LogP contribution is -2.31. The van der Waals surface area contributed by atoms with Crippen molar-refractivity contribution in [1.29, 1.82) is 0 Å². The Morgan fingerprint density at radius 1 is 1.47 bits per heavy atom. The molecule has 19 heavy (non-hydrogen) atoms. The smallest absolute Gasteiger partial charge is 0.271 e. The third-order valence-corrected chi connectivity index (χ3v) is 2.59. The molecule has 1 aromatic rings. The second-order valence-electron chi connectivity index (χ2n) is 4.32. The summed E-state index contributed by atoms with van der Waals surface area (Å²) in [6.45, 7) is 4.19. The molecule has 0 heterocycles. The van der Waals surface area contributed by atoms with Gasteiger partial charge in [-0.2, -0.15) is 0 Å². The molecule has 0 radical (unpaired) electrons. The van der Waals surface area contributed by atoms with Crippen LogP contribution in [-0.4, -0.2) is 23.4 Å². The van der Waals surface area contributed by atoms with E-state index in [1.165, 1.54) is 18.2 Å². The predicted octanol–water partition coefficient (Wildman–Crippen LogP) is 2.57. The highest BCUT2D eigenvalue weighted by Gasteiger charge is 2.09. The highest BCUT2D eigenvalue weighted by molar-refractivity contribution is 6.33. The van der Waals surface area contributed by atoms with E-state index in [0.717, 1.165) is 0 Å². The fourth-order valence-corrected chi connectivity index (χ4v) is 1.71. The Balaban J connectivity index is 2.50. The monoisotopic (exact) mass is 285 g/mol. The summed E-state index contributed by atoms with van der Waals surface area (Å²) in [5, 5.41) is 16.5. The van der Waals surface area contributed by atoms with Crippen LogP contribution < -0.4 is 10.6 Å². The number of rotatable bonds is 6. The Labute approximate surface area is 116 Å². The van der Waals surface area contributed by atoms with Gasteiger partial charge in [-0.25, -0.2) is 0 Å². The second-order valence-corrected chi connectivity index (χ2v) is 4.73. The Kier molecular flexibility index (Phi) is 5.57. The molecule has 7 heteroatoms. The molecule has 0 aliphatic heterocycles. The van der Waals surface area contributed by atoms with Crippen molar-refractivity contribution < 1.29 is 9.72 Å². The van der Waals surface area contributed by atoms with Gasteiger partial charge in [-0.15, -0.1) is 0 Å². The van der Waals surface area contributed by atoms with E-state index in [9.17, 15) is 14.9 Å². The van der Waals surface area contributed by atoms with E-state index in [0.29, 0.717) is 18.7 Å². The molecular weight excluding hydrogens is 270 g/mol. The van der Waals surface area contributed by atoms with E-state index in [-0.39, 0.29) is 22.7 Å². The first-order chi connectivity index (χ1) is 8.90. The first-order valence-corrected chi connectivity index (χ1v) is 6.25. The summed E-state index contributed by atoms with van der Waals surface area (Å²) in [7, 11) is 0. The zero-order valence-corrected chi connectivity index (χ0v) is 11.5. The third-order valence-electron chi connectivity index (χ3n) is 2.28. The zero-order chi connectivity index (χ0) is 14.4. The molecule has 0 aliphatic carbocycles. The minimum Gasteiger partial charge on any atom is -0.383 e. The highest BCUT2D eigenvalue weighted by Crippen LogP contribution is 2.26. The molecule has 0 aliphatic rings. The molecule has 0 saturated heterocycles. The summed E-state index contributed by atoms with van der Waals surface area (Å²) in [5.74, 6) is -0.0551. The van der Waals surface area contributed by atoms with Gasteiger partial charge in [0.1, 0.15) is 0 Å². The number of non-ortho nitro benzene ring substituents is 1. The van der Waals surface area contributed by atoms with Crippen molar-refractivity contribution in [1.82, 2.24) is 5.32 Å². The van der Waals surface area contributed by atoms with Crippen LogP contribution in [0.25, 0.3) is 0 Å². The van der Waals surface area contributed by atoms with Crippen molar-refractivity contribution in [2.45, 2.75) is 26.3 Å². The molecule has 0 atom stereocenters. The molecule has 104 valence electrons. The summed E-state index contributed by atoms with van der Waals surface area (Å²) in [4.78, 5) is 21.4. The standard InChI is InChI=1S/C12H16ClN3O3/c1-8(2)15-12(17)5-6-14-11-4-3-9(16(18)19)7-10(11)13/h3-4,7-8,14H,5-6H2,1-2H3,(H,15,17). The van der Waals surface area contributed by atoms with Crippen LogP contribution in [0.1, 0.15) is 20.3 Å². The van der Waals surface area contributed by atoms with Crippen LogP contribution in [0.2, 0.25) is 5.02 Å². The molecule has 2 N–H and O–H groups in total. The number of amides is 1. The molecule has 0 fully saturated rings. The molecule has 1 rings (SSSR count). The lowest BCUT2D eigenvalue weighted by molar-refractivity contribution is -0.384. The quantitative estimate of drug-likeness (QED) is 0.621. The number of anilines is 1. The number of nitrogens with zero attached hydrogens (tertiary/aromatic N) is 1. The van der Waals surface area contributed by atoms with Gasteiger partial charge in [0.05, 0.1) is 15.6 Å². The maximum absolute atomic E-state index is 11.4.